The van der Waals surface area contributed by atoms with E-state index in [2.05, 4.69) is 11.1 Å². The third-order valence-corrected chi connectivity index (χ3v) is 7.03. The van der Waals surface area contributed by atoms with Crippen LogP contribution in [0.2, 0.25) is 0 Å². The highest BCUT2D eigenvalue weighted by Gasteiger charge is 2.51. The second kappa shape index (κ2) is 8.41. The lowest BCUT2D eigenvalue weighted by Gasteiger charge is -2.39. The van der Waals surface area contributed by atoms with Gasteiger partial charge in [-0.05, 0) is 81.1 Å². The van der Waals surface area contributed by atoms with Crippen molar-refractivity contribution in [3.8, 4) is 0 Å². The Balaban J connectivity index is 1.44. The average molecular weight is 435 g/mol. The van der Waals surface area contributed by atoms with Crippen molar-refractivity contribution in [2.75, 3.05) is 6.54 Å². The summed E-state index contributed by atoms with van der Waals surface area (Å²) in [4.78, 5) is 19.6. The average Bonchev–Trinajstić information content (AvgIpc) is 3.59. The maximum atomic E-state index is 13.3. The molecule has 0 spiro atoms. The summed E-state index contributed by atoms with van der Waals surface area (Å²) in [5, 5.41) is 9.86. The highest BCUT2D eigenvalue weighted by atomic mass is 19.4. The Morgan fingerprint density at radius 3 is 2.10 bits per heavy atom. The van der Waals surface area contributed by atoms with E-state index in [4.69, 9.17) is 0 Å². The molecule has 0 saturated heterocycles. The molecule has 0 bridgehead atoms. The number of benzene rings is 1. The standard InChI is InChI=1S/C24H29F3N2O2/c1-23(31,24(25,26)27)19-8-4-17(5-9-19)22(30)29(21-12-13-21)20-10-6-16(7-11-20)18-3-2-14-28-15-18/h2-5,8-9,14,16,18,20-21,31H,6-7,10-13,15H2,1H3/t16-,18?,20-,23-/m0/s1. The van der Waals surface area contributed by atoms with Crippen LogP contribution in [0, 0.1) is 11.8 Å². The molecule has 1 aliphatic heterocycles. The van der Waals surface area contributed by atoms with E-state index in [-0.39, 0.29) is 23.6 Å². The second-order valence-corrected chi connectivity index (χ2v) is 9.22. The molecule has 1 amide bonds. The zero-order chi connectivity index (χ0) is 22.2. The first-order valence-corrected chi connectivity index (χ1v) is 11.1. The van der Waals surface area contributed by atoms with E-state index in [1.807, 2.05) is 17.2 Å². The molecule has 2 aliphatic carbocycles. The van der Waals surface area contributed by atoms with Crippen molar-refractivity contribution >= 4 is 12.1 Å². The summed E-state index contributed by atoms with van der Waals surface area (Å²) in [6.07, 6.45) is 7.27. The summed E-state index contributed by atoms with van der Waals surface area (Å²) in [5.74, 6) is 0.946. The first kappa shape index (κ1) is 22.1. The molecule has 0 aromatic heterocycles. The lowest BCUT2D eigenvalue weighted by atomic mass is 9.77. The number of carbonyl (C=O) groups excluding carboxylic acids is 1. The molecule has 1 heterocycles. The molecular weight excluding hydrogens is 405 g/mol. The molecule has 2 saturated carbocycles. The molecule has 2 atom stereocenters. The Bertz CT molecular complexity index is 849. The highest BCUT2D eigenvalue weighted by molar-refractivity contribution is 5.95. The van der Waals surface area contributed by atoms with Crippen LogP contribution in [0.3, 0.4) is 0 Å². The molecule has 4 rings (SSSR count). The molecule has 2 fully saturated rings. The van der Waals surface area contributed by atoms with Crippen molar-refractivity contribution in [1.82, 2.24) is 4.90 Å². The summed E-state index contributed by atoms with van der Waals surface area (Å²) in [6.45, 7) is 1.57. The predicted molar refractivity (Wildman–Crippen MR) is 113 cm³/mol. The van der Waals surface area contributed by atoms with Gasteiger partial charge < -0.3 is 10.0 Å². The molecule has 1 unspecified atom stereocenters. The van der Waals surface area contributed by atoms with Gasteiger partial charge in [0.1, 0.15) is 0 Å². The molecule has 0 radical (unpaired) electrons. The first-order chi connectivity index (χ1) is 14.7. The Kier molecular flexibility index (Phi) is 5.99. The lowest BCUT2D eigenvalue weighted by molar-refractivity contribution is -0.258. The van der Waals surface area contributed by atoms with Gasteiger partial charge in [0.25, 0.3) is 5.91 Å². The zero-order valence-corrected chi connectivity index (χ0v) is 17.7. The number of nitrogens with zero attached hydrogens (tertiary/aromatic N) is 2. The van der Waals surface area contributed by atoms with E-state index in [9.17, 15) is 23.1 Å². The summed E-state index contributed by atoms with van der Waals surface area (Å²) in [7, 11) is 0. The SMILES string of the molecule is C[C@](O)(c1ccc(C(=O)N(C2CC2)[C@H]2CC[C@H](C3C=CC=NC3)CC2)cc1)C(F)(F)F. The Morgan fingerprint density at radius 2 is 1.61 bits per heavy atom. The van der Waals surface area contributed by atoms with Gasteiger partial charge in [-0.15, -0.1) is 0 Å². The number of aliphatic hydroxyl groups is 1. The van der Waals surface area contributed by atoms with Gasteiger partial charge in [-0.1, -0.05) is 18.2 Å². The summed E-state index contributed by atoms with van der Waals surface area (Å²) in [6, 6.07) is 5.63. The molecule has 168 valence electrons. The maximum Gasteiger partial charge on any atom is 0.421 e. The van der Waals surface area contributed by atoms with Crippen LogP contribution in [0.4, 0.5) is 13.2 Å². The minimum Gasteiger partial charge on any atom is -0.376 e. The number of amides is 1. The van der Waals surface area contributed by atoms with Gasteiger partial charge in [0.05, 0.1) is 0 Å². The van der Waals surface area contributed by atoms with Crippen molar-refractivity contribution in [2.45, 2.75) is 69.3 Å². The van der Waals surface area contributed by atoms with Crippen LogP contribution >= 0.6 is 0 Å². The molecule has 3 aliphatic rings. The van der Waals surface area contributed by atoms with Crippen molar-refractivity contribution < 1.29 is 23.1 Å². The van der Waals surface area contributed by atoms with Gasteiger partial charge in [-0.3, -0.25) is 9.79 Å². The normalized spacial score (nSPS) is 28.2. The second-order valence-electron chi connectivity index (χ2n) is 9.22. The molecule has 1 aromatic rings. The van der Waals surface area contributed by atoms with Crippen LogP contribution in [-0.4, -0.2) is 46.9 Å². The Labute approximate surface area is 180 Å². The molecule has 1 aromatic carbocycles. The van der Waals surface area contributed by atoms with Crippen LogP contribution in [0.25, 0.3) is 0 Å². The van der Waals surface area contributed by atoms with Crippen molar-refractivity contribution in [1.29, 1.82) is 0 Å². The minimum atomic E-state index is -4.78. The number of rotatable bonds is 5. The number of carbonyl (C=O) groups is 1. The van der Waals surface area contributed by atoms with Crippen LogP contribution < -0.4 is 0 Å². The van der Waals surface area contributed by atoms with Crippen molar-refractivity contribution in [2.24, 2.45) is 16.8 Å². The van der Waals surface area contributed by atoms with E-state index < -0.39 is 11.8 Å². The lowest BCUT2D eigenvalue weighted by Crippen LogP contribution is -2.44. The smallest absolute Gasteiger partial charge is 0.376 e. The summed E-state index contributed by atoms with van der Waals surface area (Å²) >= 11 is 0. The van der Waals surface area contributed by atoms with E-state index >= 15 is 0 Å². The third kappa shape index (κ3) is 4.56. The Morgan fingerprint density at radius 1 is 1.03 bits per heavy atom. The van der Waals surface area contributed by atoms with Crippen molar-refractivity contribution in [3.63, 3.8) is 0 Å². The number of alkyl halides is 3. The van der Waals surface area contributed by atoms with Crippen LogP contribution in [0.5, 0.6) is 0 Å². The van der Waals surface area contributed by atoms with Gasteiger partial charge in [-0.2, -0.15) is 13.2 Å². The van der Waals surface area contributed by atoms with Crippen molar-refractivity contribution in [3.05, 3.63) is 47.5 Å². The van der Waals surface area contributed by atoms with E-state index in [0.29, 0.717) is 17.4 Å². The fraction of sp³-hybridized carbons (Fsp3) is 0.583. The topological polar surface area (TPSA) is 52.9 Å². The third-order valence-electron chi connectivity index (χ3n) is 7.03. The van der Waals surface area contributed by atoms with Gasteiger partial charge in [0.2, 0.25) is 0 Å². The summed E-state index contributed by atoms with van der Waals surface area (Å²) in [5.41, 5.74) is -2.83. The van der Waals surface area contributed by atoms with Crippen LogP contribution in [0.1, 0.15) is 61.4 Å². The van der Waals surface area contributed by atoms with E-state index in [1.165, 1.54) is 24.3 Å². The largest absolute Gasteiger partial charge is 0.421 e. The molecule has 4 nitrogen and oxygen atoms in total. The number of aliphatic imine (C=N–C) groups is 1. The van der Waals surface area contributed by atoms with E-state index in [1.54, 1.807) is 0 Å². The zero-order valence-electron chi connectivity index (χ0n) is 17.7. The fourth-order valence-electron chi connectivity index (χ4n) is 4.84. The minimum absolute atomic E-state index is 0.119. The number of allylic oxidation sites excluding steroid dienone is 1. The van der Waals surface area contributed by atoms with E-state index in [0.717, 1.165) is 52.0 Å². The maximum absolute atomic E-state index is 13.3. The molecule has 7 heteroatoms. The number of hydrogen-bond acceptors (Lipinski definition) is 3. The highest BCUT2D eigenvalue weighted by Crippen LogP contribution is 2.40. The number of halogens is 3. The molecule has 31 heavy (non-hydrogen) atoms. The van der Waals surface area contributed by atoms with Crippen LogP contribution in [0.15, 0.2) is 41.4 Å². The van der Waals surface area contributed by atoms with Crippen LogP contribution in [-0.2, 0) is 5.60 Å². The molecular formula is C24H29F3N2O2. The number of hydrogen-bond donors (Lipinski definition) is 1. The molecule has 1 N–H and O–H groups in total. The fourth-order valence-corrected chi connectivity index (χ4v) is 4.84. The summed E-state index contributed by atoms with van der Waals surface area (Å²) < 4.78 is 39.3. The predicted octanol–water partition coefficient (Wildman–Crippen LogP) is 4.88. The number of dihydropyridines is 1. The van der Waals surface area contributed by atoms with Gasteiger partial charge in [-0.25, -0.2) is 0 Å². The first-order valence-electron chi connectivity index (χ1n) is 11.1. The van der Waals surface area contributed by atoms with Gasteiger partial charge in [0, 0.05) is 30.4 Å². The Hall–Kier alpha value is -2.15. The monoisotopic (exact) mass is 434 g/mol. The quantitative estimate of drug-likeness (QED) is 0.718. The van der Waals surface area contributed by atoms with Gasteiger partial charge >= 0.3 is 6.18 Å². The van der Waals surface area contributed by atoms with Gasteiger partial charge in [0.15, 0.2) is 5.60 Å².